The van der Waals surface area contributed by atoms with E-state index in [9.17, 15) is 14.4 Å². The van der Waals surface area contributed by atoms with Crippen molar-refractivity contribution in [3.63, 3.8) is 0 Å². The number of hydrogen-bond acceptors (Lipinski definition) is 15. The quantitative estimate of drug-likeness (QED) is 0.0859. The normalized spacial score (nSPS) is 16.3. The predicted molar refractivity (Wildman–Crippen MR) is 297 cm³/mol. The summed E-state index contributed by atoms with van der Waals surface area (Å²) in [5, 5.41) is 27.2. The molecule has 20 nitrogen and oxygen atoms in total. The van der Waals surface area contributed by atoms with Crippen molar-refractivity contribution in [2.75, 3.05) is 49.9 Å². The third kappa shape index (κ3) is 11.4. The van der Waals surface area contributed by atoms with Gasteiger partial charge in [-0.1, -0.05) is 70.1 Å². The van der Waals surface area contributed by atoms with Crippen LogP contribution < -0.4 is 26.6 Å². The summed E-state index contributed by atoms with van der Waals surface area (Å²) in [5.74, 6) is 0.624. The average molecular weight is 1110 g/mol. The topological polar surface area (TPSA) is 237 Å². The molecule has 77 heavy (non-hydrogen) atoms. The summed E-state index contributed by atoms with van der Waals surface area (Å²) in [6, 6.07) is 14.6. The fourth-order valence-electron chi connectivity index (χ4n) is 9.89. The zero-order valence-electron chi connectivity index (χ0n) is 42.3. The van der Waals surface area contributed by atoms with Crippen molar-refractivity contribution >= 4 is 74.3 Å². The van der Waals surface area contributed by atoms with Crippen LogP contribution in [0.5, 0.6) is 0 Å². The zero-order valence-corrected chi connectivity index (χ0v) is 45.5. The van der Waals surface area contributed by atoms with Crippen LogP contribution >= 0.6 is 45.9 Å². The van der Waals surface area contributed by atoms with Crippen molar-refractivity contribution < 1.29 is 19.1 Å². The molecule has 0 bridgehead atoms. The molecule has 8 aromatic rings. The highest BCUT2D eigenvalue weighted by Gasteiger charge is 2.34. The maximum Gasteiger partial charge on any atom is 0.410 e. The van der Waals surface area contributed by atoms with Gasteiger partial charge in [-0.2, -0.15) is 10.2 Å². The Morgan fingerprint density at radius 1 is 0.688 bits per heavy atom. The fraction of sp³-hybridized carbons (Fsp3) is 0.340. The lowest BCUT2D eigenvalue weighted by molar-refractivity contribution is 0.0288. The Morgan fingerprint density at radius 3 is 1.65 bits per heavy atom. The lowest BCUT2D eigenvalue weighted by Crippen LogP contribution is -2.37. The van der Waals surface area contributed by atoms with Gasteiger partial charge in [0.15, 0.2) is 10.3 Å². The van der Waals surface area contributed by atoms with Gasteiger partial charge >= 0.3 is 18.2 Å². The van der Waals surface area contributed by atoms with Crippen LogP contribution in [0.25, 0.3) is 55.0 Å². The van der Waals surface area contributed by atoms with Crippen molar-refractivity contribution in [1.29, 1.82) is 0 Å². The molecule has 2 fully saturated rings. The van der Waals surface area contributed by atoms with Gasteiger partial charge in [-0.25, -0.2) is 53.7 Å². The number of nitrogens with one attached hydrogen (secondary N) is 5. The number of para-hydroxylation sites is 2. The van der Waals surface area contributed by atoms with Crippen molar-refractivity contribution in [2.45, 2.75) is 64.9 Å². The maximum atomic E-state index is 12.8. The second-order valence-corrected chi connectivity index (χ2v) is 22.8. The first-order valence-corrected chi connectivity index (χ1v) is 27.7. The number of aryl methyl sites for hydroxylation is 2. The van der Waals surface area contributed by atoms with Gasteiger partial charge < -0.3 is 25.6 Å². The molecule has 12 rings (SSSR count). The Balaban J connectivity index is 0.000000166. The average Bonchev–Trinajstić information content (AvgIpc) is 4.50. The van der Waals surface area contributed by atoms with Crippen molar-refractivity contribution in [2.24, 2.45) is 11.8 Å². The van der Waals surface area contributed by atoms with Gasteiger partial charge in [-0.05, 0) is 108 Å². The van der Waals surface area contributed by atoms with Crippen LogP contribution in [0.3, 0.4) is 0 Å². The molecular formula is C53H54Cl2N16O4S2. The van der Waals surface area contributed by atoms with Gasteiger partial charge in [0.2, 0.25) is 0 Å². The first-order valence-electron chi connectivity index (χ1n) is 25.4. The highest BCUT2D eigenvalue weighted by atomic mass is 35.5. The summed E-state index contributed by atoms with van der Waals surface area (Å²) in [4.78, 5) is 67.6. The predicted octanol–water partition coefficient (Wildman–Crippen LogP) is 9.52. The number of hydrogen-bond donors (Lipinski definition) is 5. The number of likely N-dealkylation sites (tertiary alicyclic amines) is 1. The van der Waals surface area contributed by atoms with E-state index in [1.165, 1.54) is 35.3 Å². The number of amides is 5. The summed E-state index contributed by atoms with van der Waals surface area (Å²) in [5.41, 5.74) is 10.2. The number of ether oxygens (including phenoxy) is 1. The minimum absolute atomic E-state index is 0.153. The molecule has 2 aliphatic heterocycles. The molecule has 5 N–H and O–H groups in total. The molecule has 2 aliphatic carbocycles. The molecule has 0 radical (unpaired) electrons. The van der Waals surface area contributed by atoms with E-state index in [-0.39, 0.29) is 24.1 Å². The van der Waals surface area contributed by atoms with Crippen LogP contribution in [0.4, 0.5) is 24.6 Å². The molecule has 396 valence electrons. The Labute approximate surface area is 461 Å². The van der Waals surface area contributed by atoms with Crippen molar-refractivity contribution in [3.05, 3.63) is 119 Å². The van der Waals surface area contributed by atoms with E-state index in [0.29, 0.717) is 58.8 Å². The molecule has 4 aliphatic rings. The lowest BCUT2D eigenvalue weighted by Gasteiger charge is -2.24. The van der Waals surface area contributed by atoms with Gasteiger partial charge in [-0.15, -0.1) is 0 Å². The Kier molecular flexibility index (Phi) is 15.0. The second kappa shape index (κ2) is 22.3. The third-order valence-corrected chi connectivity index (χ3v) is 16.2. The van der Waals surface area contributed by atoms with Crippen LogP contribution in [0, 0.1) is 11.8 Å². The van der Waals surface area contributed by atoms with Crippen LogP contribution in [0.2, 0.25) is 10.0 Å². The SMILES string of the molecule is CC(C)(C)OC(=O)N1CC[C@@H](CNC(=O)Nc2nc3c(s2)-c2c(c(-c4cncnc4)nn2-c2ccccc2Cl)CC3)C1.O=C(NC[C@@H]1CCNC1)Nc1nc2c(s1)-c1c(c(-c3cncnc3)nn1-c1ccccc1Cl)CC2. The van der Waals surface area contributed by atoms with Gasteiger partial charge in [0.1, 0.15) is 18.3 Å². The van der Waals surface area contributed by atoms with Crippen LogP contribution in [-0.2, 0) is 30.4 Å². The van der Waals surface area contributed by atoms with E-state index in [0.717, 1.165) is 123 Å². The van der Waals surface area contributed by atoms with Crippen LogP contribution in [0.1, 0.15) is 56.1 Å². The van der Waals surface area contributed by atoms with E-state index in [4.69, 9.17) is 48.1 Å². The van der Waals surface area contributed by atoms with E-state index < -0.39 is 5.60 Å². The summed E-state index contributed by atoms with van der Waals surface area (Å²) in [7, 11) is 0. The maximum absolute atomic E-state index is 12.8. The number of rotatable bonds is 10. The number of nitrogens with zero attached hydrogens (tertiary/aromatic N) is 11. The Morgan fingerprint density at radius 2 is 1.18 bits per heavy atom. The number of halogens is 2. The number of carbonyl (C=O) groups is 3. The molecule has 24 heteroatoms. The number of carbonyl (C=O) groups excluding carboxylic acids is 3. The monoisotopic (exact) mass is 1110 g/mol. The molecule has 2 aromatic carbocycles. The molecule has 5 amide bonds. The number of fused-ring (bicyclic) bond motifs is 6. The first-order chi connectivity index (χ1) is 37.3. The Bertz CT molecular complexity index is 3460. The third-order valence-electron chi connectivity index (χ3n) is 13.5. The Hall–Kier alpha value is -7.37. The molecule has 2 atom stereocenters. The largest absolute Gasteiger partial charge is 0.444 e. The van der Waals surface area contributed by atoms with Crippen molar-refractivity contribution in [3.8, 4) is 55.0 Å². The van der Waals surface area contributed by atoms with E-state index >= 15 is 0 Å². The number of benzene rings is 2. The van der Waals surface area contributed by atoms with Crippen molar-refractivity contribution in [1.82, 2.24) is 70.3 Å². The summed E-state index contributed by atoms with van der Waals surface area (Å²) in [6.45, 7) is 9.75. The number of aromatic nitrogens is 10. The minimum Gasteiger partial charge on any atom is -0.444 e. The molecule has 6 aromatic heterocycles. The number of urea groups is 2. The number of thiazole rings is 2. The zero-order chi connectivity index (χ0) is 53.2. The minimum atomic E-state index is -0.538. The van der Waals surface area contributed by atoms with Gasteiger partial charge in [-0.3, -0.25) is 10.6 Å². The lowest BCUT2D eigenvalue weighted by atomic mass is 9.96. The molecule has 0 saturated carbocycles. The highest BCUT2D eigenvalue weighted by Crippen LogP contribution is 2.46. The summed E-state index contributed by atoms with van der Waals surface area (Å²) >= 11 is 16.1. The molecule has 0 unspecified atom stereocenters. The summed E-state index contributed by atoms with van der Waals surface area (Å²) in [6.07, 6.45) is 14.6. The van der Waals surface area contributed by atoms with E-state index in [1.807, 2.05) is 78.7 Å². The van der Waals surface area contributed by atoms with Gasteiger partial charge in [0.05, 0.1) is 65.3 Å². The highest BCUT2D eigenvalue weighted by molar-refractivity contribution is 7.19. The summed E-state index contributed by atoms with van der Waals surface area (Å²) < 4.78 is 9.21. The van der Waals surface area contributed by atoms with Gasteiger partial charge in [0, 0.05) is 73.2 Å². The standard InChI is InChI=1S/C29H31ClN8O3S.C24H23ClN8OS/c1-29(2,3)41-28(40)37-11-10-17(15-37)12-33-26(39)35-27-34-21-9-8-19-23(18-13-31-16-32-14-18)36-38(24(19)25(21)42-27)22-7-5-4-6-20(22)30;25-17-3-1-2-4-19(17)33-21-16(20(32-33)15-11-27-13-28-12-15)5-6-18-22(21)35-24(30-18)31-23(34)29-10-14-7-8-26-9-14/h4-7,13-14,16-17H,8-12,15H2,1-3H3,(H2,33,34,35,39);1-4,11-14,26H,5-10H2,(H2,29,30,31,34)/t17-;14-/m01/s1. The molecular weight excluding hydrogens is 1060 g/mol. The molecule has 8 heterocycles. The van der Waals surface area contributed by atoms with Crippen LogP contribution in [0.15, 0.2) is 86.0 Å². The first kappa shape index (κ1) is 51.7. The van der Waals surface area contributed by atoms with Gasteiger partial charge in [0.25, 0.3) is 0 Å². The van der Waals surface area contributed by atoms with E-state index in [2.05, 4.69) is 46.5 Å². The smallest absolute Gasteiger partial charge is 0.410 e. The second-order valence-electron chi connectivity index (χ2n) is 20.0. The fourth-order valence-corrected chi connectivity index (χ4v) is 12.4. The molecule has 2 saturated heterocycles. The van der Waals surface area contributed by atoms with Crippen LogP contribution in [-0.4, -0.2) is 117 Å². The number of anilines is 2. The van der Waals surface area contributed by atoms with E-state index in [1.54, 1.807) is 29.7 Å². The molecule has 0 spiro atoms.